The Labute approximate surface area is 191 Å². The van der Waals surface area contributed by atoms with Crippen LogP contribution in [0, 0.1) is 5.82 Å². The second-order valence-corrected chi connectivity index (χ2v) is 7.34. The first kappa shape index (κ1) is 23.0. The van der Waals surface area contributed by atoms with Crippen LogP contribution in [-0.2, 0) is 19.8 Å². The van der Waals surface area contributed by atoms with Gasteiger partial charge in [-0.25, -0.2) is 4.39 Å². The number of ether oxygens (including phenoxy) is 2. The van der Waals surface area contributed by atoms with Crippen molar-refractivity contribution in [2.24, 2.45) is 7.05 Å². The minimum Gasteiger partial charge on any atom is -0.508 e. The molecule has 0 saturated carbocycles. The van der Waals surface area contributed by atoms with Crippen LogP contribution in [0.25, 0.3) is 11.3 Å². The standard InChI is InChI=1S/C24H18F4N2O4/c1-30-23(24(26,27)28)22(34-18-4-2-3-15(25)11-18)21(29-30)19-10-9-17(12-20(19)32)33-13-14-5-7-16(31)8-6-14/h2-12,31-32H,13H2,1H3. The van der Waals surface area contributed by atoms with Crippen LogP contribution in [0.5, 0.6) is 28.7 Å². The lowest BCUT2D eigenvalue weighted by Crippen LogP contribution is -2.12. The van der Waals surface area contributed by atoms with Gasteiger partial charge < -0.3 is 19.7 Å². The molecule has 0 fully saturated rings. The van der Waals surface area contributed by atoms with E-state index >= 15 is 0 Å². The summed E-state index contributed by atoms with van der Waals surface area (Å²) in [6, 6.07) is 15.0. The molecule has 0 spiro atoms. The van der Waals surface area contributed by atoms with Gasteiger partial charge >= 0.3 is 6.18 Å². The zero-order valence-electron chi connectivity index (χ0n) is 17.7. The highest BCUT2D eigenvalue weighted by Crippen LogP contribution is 2.46. The number of aromatic hydroxyl groups is 2. The molecule has 0 aliphatic rings. The van der Waals surface area contributed by atoms with Gasteiger partial charge in [0, 0.05) is 24.7 Å². The van der Waals surface area contributed by atoms with Gasteiger partial charge in [-0.15, -0.1) is 0 Å². The molecule has 10 heteroatoms. The molecule has 6 nitrogen and oxygen atoms in total. The minimum atomic E-state index is -4.83. The van der Waals surface area contributed by atoms with Crippen molar-refractivity contribution in [3.05, 3.63) is 83.8 Å². The number of alkyl halides is 3. The first-order chi connectivity index (χ1) is 16.1. The van der Waals surface area contributed by atoms with Gasteiger partial charge in [-0.3, -0.25) is 4.68 Å². The highest BCUT2D eigenvalue weighted by Gasteiger charge is 2.41. The molecule has 34 heavy (non-hydrogen) atoms. The smallest absolute Gasteiger partial charge is 0.436 e. The van der Waals surface area contributed by atoms with Gasteiger partial charge in [-0.1, -0.05) is 18.2 Å². The van der Waals surface area contributed by atoms with Gasteiger partial charge in [0.1, 0.15) is 41.1 Å². The third-order valence-corrected chi connectivity index (χ3v) is 4.85. The van der Waals surface area contributed by atoms with Crippen molar-refractivity contribution in [3.63, 3.8) is 0 Å². The molecule has 0 saturated heterocycles. The van der Waals surface area contributed by atoms with Crippen molar-refractivity contribution in [1.82, 2.24) is 9.78 Å². The van der Waals surface area contributed by atoms with Gasteiger partial charge in [-0.2, -0.15) is 18.3 Å². The Morgan fingerprint density at radius 3 is 2.32 bits per heavy atom. The number of rotatable bonds is 6. The quantitative estimate of drug-likeness (QED) is 0.334. The van der Waals surface area contributed by atoms with E-state index in [2.05, 4.69) is 5.10 Å². The van der Waals surface area contributed by atoms with Crippen LogP contribution < -0.4 is 9.47 Å². The van der Waals surface area contributed by atoms with Crippen molar-refractivity contribution < 1.29 is 37.2 Å². The largest absolute Gasteiger partial charge is 0.508 e. The van der Waals surface area contributed by atoms with Crippen LogP contribution in [-0.4, -0.2) is 20.0 Å². The predicted molar refractivity (Wildman–Crippen MR) is 114 cm³/mol. The number of aromatic nitrogens is 2. The highest BCUT2D eigenvalue weighted by molar-refractivity contribution is 5.74. The number of aryl methyl sites for hydroxylation is 1. The molecule has 1 heterocycles. The van der Waals surface area contributed by atoms with Crippen molar-refractivity contribution in [2.45, 2.75) is 12.8 Å². The summed E-state index contributed by atoms with van der Waals surface area (Å²) >= 11 is 0. The fourth-order valence-electron chi connectivity index (χ4n) is 3.30. The molecule has 0 unspecified atom stereocenters. The lowest BCUT2D eigenvalue weighted by atomic mass is 10.1. The fourth-order valence-corrected chi connectivity index (χ4v) is 3.30. The Morgan fingerprint density at radius 2 is 1.68 bits per heavy atom. The second-order valence-electron chi connectivity index (χ2n) is 7.34. The molecule has 0 bridgehead atoms. The minimum absolute atomic E-state index is 0.0329. The maximum Gasteiger partial charge on any atom is 0.436 e. The summed E-state index contributed by atoms with van der Waals surface area (Å²) in [5.41, 5.74) is -0.748. The number of phenolic OH excluding ortho intramolecular Hbond substituents is 2. The number of hydrogen-bond acceptors (Lipinski definition) is 5. The maximum atomic E-state index is 13.8. The number of halogens is 4. The molecule has 0 amide bonds. The third kappa shape index (κ3) is 4.90. The van der Waals surface area contributed by atoms with E-state index in [-0.39, 0.29) is 40.9 Å². The Bertz CT molecular complexity index is 1320. The van der Waals surface area contributed by atoms with Crippen LogP contribution in [0.1, 0.15) is 11.3 Å². The van der Waals surface area contributed by atoms with Crippen LogP contribution >= 0.6 is 0 Å². The van der Waals surface area contributed by atoms with Crippen molar-refractivity contribution in [1.29, 1.82) is 0 Å². The van der Waals surface area contributed by atoms with E-state index in [9.17, 15) is 27.8 Å². The summed E-state index contributed by atoms with van der Waals surface area (Å²) in [5, 5.41) is 23.8. The van der Waals surface area contributed by atoms with E-state index in [1.165, 1.54) is 42.5 Å². The fraction of sp³-hybridized carbons (Fsp3) is 0.125. The summed E-state index contributed by atoms with van der Waals surface area (Å²) in [6.45, 7) is 0.134. The van der Waals surface area contributed by atoms with Crippen LogP contribution in [0.4, 0.5) is 17.6 Å². The number of benzene rings is 3. The summed E-state index contributed by atoms with van der Waals surface area (Å²) in [6.07, 6.45) is -4.83. The van der Waals surface area contributed by atoms with Crippen molar-refractivity contribution >= 4 is 0 Å². The molecular weight excluding hydrogens is 456 g/mol. The molecule has 2 N–H and O–H groups in total. The molecule has 0 aliphatic carbocycles. The van der Waals surface area contributed by atoms with Gasteiger partial charge in [0.2, 0.25) is 0 Å². The van der Waals surface area contributed by atoms with Gasteiger partial charge in [-0.05, 0) is 42.0 Å². The van der Waals surface area contributed by atoms with Crippen LogP contribution in [0.15, 0.2) is 66.7 Å². The third-order valence-electron chi connectivity index (χ3n) is 4.85. The average Bonchev–Trinajstić information content (AvgIpc) is 3.09. The molecule has 176 valence electrons. The van der Waals surface area contributed by atoms with Gasteiger partial charge in [0.05, 0.1) is 0 Å². The van der Waals surface area contributed by atoms with E-state index in [1.807, 2.05) is 0 Å². The molecule has 1 aromatic heterocycles. The average molecular weight is 474 g/mol. The summed E-state index contributed by atoms with van der Waals surface area (Å²) in [4.78, 5) is 0. The molecule has 4 rings (SSSR count). The Hall–Kier alpha value is -4.21. The number of nitrogens with zero attached hydrogens (tertiary/aromatic N) is 2. The second kappa shape index (κ2) is 8.97. The van der Waals surface area contributed by atoms with E-state index < -0.39 is 23.4 Å². The van der Waals surface area contributed by atoms with E-state index in [1.54, 1.807) is 12.1 Å². The van der Waals surface area contributed by atoms with Crippen LogP contribution in [0.2, 0.25) is 0 Å². The normalized spacial score (nSPS) is 11.4. The van der Waals surface area contributed by atoms with Crippen molar-refractivity contribution in [3.8, 4) is 40.0 Å². The Morgan fingerprint density at radius 1 is 0.941 bits per heavy atom. The molecule has 4 aromatic rings. The lowest BCUT2D eigenvalue weighted by Gasteiger charge is -2.13. The topological polar surface area (TPSA) is 76.7 Å². The van der Waals surface area contributed by atoms with E-state index in [4.69, 9.17) is 9.47 Å². The highest BCUT2D eigenvalue weighted by atomic mass is 19.4. The predicted octanol–water partition coefficient (Wildman–Crippen LogP) is 6.03. The van der Waals surface area contributed by atoms with Crippen molar-refractivity contribution in [2.75, 3.05) is 0 Å². The van der Waals surface area contributed by atoms with Crippen LogP contribution in [0.3, 0.4) is 0 Å². The Kier molecular flexibility index (Phi) is 6.06. The summed E-state index contributed by atoms with van der Waals surface area (Å²) < 4.78 is 66.5. The molecule has 3 aromatic carbocycles. The molecular formula is C24H18F4N2O4. The monoisotopic (exact) mass is 474 g/mol. The SMILES string of the molecule is Cn1nc(-c2ccc(OCc3ccc(O)cc3)cc2O)c(Oc2cccc(F)c2)c1C(F)(F)F. The number of phenols is 2. The number of hydrogen-bond donors (Lipinski definition) is 2. The molecule has 0 radical (unpaired) electrons. The zero-order valence-corrected chi connectivity index (χ0v) is 17.7. The van der Waals surface area contributed by atoms with Gasteiger partial charge in [0.15, 0.2) is 11.4 Å². The maximum absolute atomic E-state index is 13.8. The van der Waals surface area contributed by atoms with E-state index in [0.29, 0.717) is 4.68 Å². The van der Waals surface area contributed by atoms with E-state index in [0.717, 1.165) is 24.7 Å². The van der Waals surface area contributed by atoms with Gasteiger partial charge in [0.25, 0.3) is 0 Å². The first-order valence-corrected chi connectivity index (χ1v) is 9.93. The lowest BCUT2D eigenvalue weighted by molar-refractivity contribution is -0.144. The summed E-state index contributed by atoms with van der Waals surface area (Å²) in [5.74, 6) is -1.54. The zero-order chi connectivity index (χ0) is 24.5. The first-order valence-electron chi connectivity index (χ1n) is 9.93. The summed E-state index contributed by atoms with van der Waals surface area (Å²) in [7, 11) is 1.09. The molecule has 0 aliphatic heterocycles. The molecule has 0 atom stereocenters. The Balaban J connectivity index is 1.68.